The first-order valence-corrected chi connectivity index (χ1v) is 9.53. The van der Waals surface area contributed by atoms with Crippen molar-refractivity contribution in [2.75, 3.05) is 10.6 Å². The Morgan fingerprint density at radius 3 is 2.75 bits per heavy atom. The van der Waals surface area contributed by atoms with Crippen LogP contribution in [0.4, 0.5) is 16.6 Å². The first-order valence-electron chi connectivity index (χ1n) is 8.71. The molecule has 0 bridgehead atoms. The normalized spacial score (nSPS) is 11.5. The van der Waals surface area contributed by atoms with Crippen molar-refractivity contribution in [3.63, 3.8) is 0 Å². The monoisotopic (exact) mass is 401 g/mol. The van der Waals surface area contributed by atoms with Gasteiger partial charge in [-0.15, -0.1) is 0 Å². The number of rotatable bonds is 6. The lowest BCUT2D eigenvalue weighted by molar-refractivity contribution is 0.0578. The predicted octanol–water partition coefficient (Wildman–Crippen LogP) is 3.43. The topological polar surface area (TPSA) is 112 Å². The highest BCUT2D eigenvalue weighted by molar-refractivity contribution is 7.17. The number of anilines is 3. The highest BCUT2D eigenvalue weighted by atomic mass is 32.1. The number of nitrogens with zero attached hydrogens (tertiary/aromatic N) is 3. The second-order valence-electron chi connectivity index (χ2n) is 7.22. The van der Waals surface area contributed by atoms with Crippen molar-refractivity contribution in [3.05, 3.63) is 46.6 Å². The number of amides is 1. The van der Waals surface area contributed by atoms with E-state index in [9.17, 15) is 15.0 Å². The molecule has 0 radical (unpaired) electrons. The maximum absolute atomic E-state index is 12.6. The summed E-state index contributed by atoms with van der Waals surface area (Å²) in [5.74, 6) is 0.411. The maximum atomic E-state index is 12.6. The van der Waals surface area contributed by atoms with Gasteiger partial charge < -0.3 is 20.8 Å². The molecule has 0 saturated heterocycles. The molecule has 8 nitrogen and oxygen atoms in total. The number of hydrogen-bond acceptors (Lipinski definition) is 7. The number of aliphatic hydroxyl groups is 1. The Labute approximate surface area is 166 Å². The van der Waals surface area contributed by atoms with Gasteiger partial charge in [0.1, 0.15) is 10.6 Å². The van der Waals surface area contributed by atoms with Crippen LogP contribution in [0.1, 0.15) is 34.6 Å². The number of carbonyl (C=O) groups excluding carboxylic acids is 1. The number of aryl methyl sites for hydroxylation is 1. The zero-order valence-electron chi connectivity index (χ0n) is 16.1. The molecule has 9 heteroatoms. The lowest BCUT2D eigenvalue weighted by Gasteiger charge is -2.16. The van der Waals surface area contributed by atoms with E-state index in [2.05, 4.69) is 20.7 Å². The van der Waals surface area contributed by atoms with E-state index in [4.69, 9.17) is 0 Å². The molecule has 4 N–H and O–H groups in total. The second-order valence-corrected chi connectivity index (χ2v) is 8.25. The van der Waals surface area contributed by atoms with Gasteiger partial charge in [-0.25, -0.2) is 4.98 Å². The first kappa shape index (κ1) is 19.8. The van der Waals surface area contributed by atoms with E-state index in [1.165, 1.54) is 17.5 Å². The number of carbonyl (C=O) groups is 1. The Morgan fingerprint density at radius 2 is 2.04 bits per heavy atom. The summed E-state index contributed by atoms with van der Waals surface area (Å²) in [6, 6.07) is 5.13. The molecule has 0 unspecified atom stereocenters. The van der Waals surface area contributed by atoms with Crippen molar-refractivity contribution in [1.29, 1.82) is 0 Å². The number of nitrogens with one attached hydrogen (secondary N) is 2. The highest BCUT2D eigenvalue weighted by Gasteiger charge is 2.16. The molecular weight excluding hydrogens is 378 g/mol. The fourth-order valence-corrected chi connectivity index (χ4v) is 3.38. The van der Waals surface area contributed by atoms with Gasteiger partial charge in [0.15, 0.2) is 10.9 Å². The van der Waals surface area contributed by atoms with E-state index >= 15 is 0 Å². The largest absolute Gasteiger partial charge is 0.508 e. The van der Waals surface area contributed by atoms with Gasteiger partial charge in [-0.1, -0.05) is 17.4 Å². The minimum atomic E-state index is -0.863. The molecule has 0 aliphatic rings. The third-order valence-corrected chi connectivity index (χ3v) is 4.95. The lowest BCUT2D eigenvalue weighted by atomic mass is 10.1. The SMILES string of the molecule is Cc1ccc(O)c(C)c1NC(=O)c1cnc(Nc2ccn(CC(C)(C)O)n2)s1. The standard InChI is InChI=1S/C19H23N5O3S/c1-11-5-6-13(25)12(2)16(11)22-17(26)14-9-20-18(28-14)21-15-7-8-24(23-15)10-19(3,4)27/h5-9,25,27H,10H2,1-4H3,(H,22,26)(H,20,21,23). The number of phenols is 1. The van der Waals surface area contributed by atoms with Gasteiger partial charge in [0.25, 0.3) is 5.91 Å². The molecule has 148 valence electrons. The van der Waals surface area contributed by atoms with E-state index in [1.807, 2.05) is 6.92 Å². The molecule has 1 amide bonds. The van der Waals surface area contributed by atoms with Gasteiger partial charge in [0.05, 0.1) is 24.0 Å². The first-order chi connectivity index (χ1) is 13.1. The van der Waals surface area contributed by atoms with Crippen molar-refractivity contribution in [1.82, 2.24) is 14.8 Å². The number of thiazole rings is 1. The molecule has 0 atom stereocenters. The van der Waals surface area contributed by atoms with Crippen molar-refractivity contribution < 1.29 is 15.0 Å². The average molecular weight is 401 g/mol. The molecule has 0 spiro atoms. The smallest absolute Gasteiger partial charge is 0.267 e. The minimum Gasteiger partial charge on any atom is -0.508 e. The van der Waals surface area contributed by atoms with Gasteiger partial charge in [-0.05, 0) is 39.3 Å². The van der Waals surface area contributed by atoms with Crippen LogP contribution in [0.25, 0.3) is 0 Å². The van der Waals surface area contributed by atoms with Gasteiger partial charge in [-0.3, -0.25) is 9.48 Å². The molecule has 28 heavy (non-hydrogen) atoms. The number of hydrogen-bond donors (Lipinski definition) is 4. The van der Waals surface area contributed by atoms with E-state index in [0.717, 1.165) is 5.56 Å². The minimum absolute atomic E-state index is 0.134. The van der Waals surface area contributed by atoms with Crippen LogP contribution in [0.5, 0.6) is 5.75 Å². The number of aromatic hydroxyl groups is 1. The Bertz CT molecular complexity index is 1000. The summed E-state index contributed by atoms with van der Waals surface area (Å²) in [6.07, 6.45) is 3.25. The van der Waals surface area contributed by atoms with E-state index in [0.29, 0.717) is 33.6 Å². The van der Waals surface area contributed by atoms with Crippen LogP contribution in [0.2, 0.25) is 0 Å². The summed E-state index contributed by atoms with van der Waals surface area (Å²) < 4.78 is 1.64. The molecule has 0 aliphatic heterocycles. The fourth-order valence-electron chi connectivity index (χ4n) is 2.66. The molecule has 0 aliphatic carbocycles. The van der Waals surface area contributed by atoms with Crippen LogP contribution in [-0.4, -0.2) is 36.5 Å². The molecular formula is C19H23N5O3S. The summed E-state index contributed by atoms with van der Waals surface area (Å²) in [7, 11) is 0. The van der Waals surface area contributed by atoms with Crippen LogP contribution in [0, 0.1) is 13.8 Å². The van der Waals surface area contributed by atoms with Crippen LogP contribution in [0.3, 0.4) is 0 Å². The second kappa shape index (κ2) is 7.61. The highest BCUT2D eigenvalue weighted by Crippen LogP contribution is 2.29. The van der Waals surface area contributed by atoms with Crippen molar-refractivity contribution in [2.45, 2.75) is 39.8 Å². The maximum Gasteiger partial charge on any atom is 0.267 e. The summed E-state index contributed by atoms with van der Waals surface area (Å²) in [5, 5.41) is 30.5. The molecule has 0 saturated carbocycles. The molecule has 3 rings (SSSR count). The Morgan fingerprint density at radius 1 is 1.29 bits per heavy atom. The Kier molecular flexibility index (Phi) is 5.39. The number of aromatic nitrogens is 3. The van der Waals surface area contributed by atoms with Gasteiger partial charge in [-0.2, -0.15) is 5.10 Å². The van der Waals surface area contributed by atoms with Crippen molar-refractivity contribution in [3.8, 4) is 5.75 Å². The quantitative estimate of drug-likeness (QED) is 0.503. The zero-order valence-corrected chi connectivity index (χ0v) is 17.0. The Balaban J connectivity index is 1.69. The number of phenolic OH excluding ortho intramolecular Hbond substituents is 1. The number of benzene rings is 1. The lowest BCUT2D eigenvalue weighted by Crippen LogP contribution is -2.26. The van der Waals surface area contributed by atoms with Gasteiger partial charge >= 0.3 is 0 Å². The van der Waals surface area contributed by atoms with Crippen molar-refractivity contribution >= 4 is 33.9 Å². The van der Waals surface area contributed by atoms with Crippen LogP contribution in [0.15, 0.2) is 30.6 Å². The fraction of sp³-hybridized carbons (Fsp3) is 0.316. The van der Waals surface area contributed by atoms with Gasteiger partial charge in [0, 0.05) is 17.8 Å². The molecule has 3 aromatic rings. The predicted molar refractivity (Wildman–Crippen MR) is 109 cm³/mol. The third kappa shape index (κ3) is 4.68. The zero-order chi connectivity index (χ0) is 20.5. The summed E-state index contributed by atoms with van der Waals surface area (Å²) in [6.45, 7) is 7.41. The van der Waals surface area contributed by atoms with Crippen molar-refractivity contribution in [2.24, 2.45) is 0 Å². The molecule has 2 heterocycles. The summed E-state index contributed by atoms with van der Waals surface area (Å²) in [5.41, 5.74) is 1.22. The Hall–Kier alpha value is -2.91. The summed E-state index contributed by atoms with van der Waals surface area (Å²) >= 11 is 1.20. The summed E-state index contributed by atoms with van der Waals surface area (Å²) in [4.78, 5) is 17.2. The van der Waals surface area contributed by atoms with E-state index in [1.54, 1.807) is 49.8 Å². The van der Waals surface area contributed by atoms with E-state index < -0.39 is 5.60 Å². The molecule has 0 fully saturated rings. The molecule has 2 aromatic heterocycles. The van der Waals surface area contributed by atoms with Crippen LogP contribution < -0.4 is 10.6 Å². The van der Waals surface area contributed by atoms with Crippen LogP contribution in [-0.2, 0) is 6.54 Å². The van der Waals surface area contributed by atoms with Gasteiger partial charge in [0.2, 0.25) is 0 Å². The van der Waals surface area contributed by atoms with E-state index in [-0.39, 0.29) is 11.7 Å². The average Bonchev–Trinajstić information content (AvgIpc) is 3.23. The van der Waals surface area contributed by atoms with Crippen LogP contribution >= 0.6 is 11.3 Å². The molecule has 1 aromatic carbocycles. The third-order valence-electron chi connectivity index (χ3n) is 4.04.